The van der Waals surface area contributed by atoms with E-state index in [9.17, 15) is 13.2 Å². The lowest BCUT2D eigenvalue weighted by Gasteiger charge is -2.39. The van der Waals surface area contributed by atoms with E-state index in [0.29, 0.717) is 5.69 Å². The summed E-state index contributed by atoms with van der Waals surface area (Å²) in [6, 6.07) is 3.98. The van der Waals surface area contributed by atoms with Crippen LogP contribution in [0.2, 0.25) is 0 Å². The number of nitrogens with one attached hydrogen (secondary N) is 1. The molecule has 0 saturated heterocycles. The molecule has 3 rings (SSSR count). The topological polar surface area (TPSA) is 15.3 Å². The molecule has 1 aliphatic heterocycles. The Morgan fingerprint density at radius 3 is 2.61 bits per heavy atom. The van der Waals surface area contributed by atoms with E-state index in [1.165, 1.54) is 12.1 Å². The van der Waals surface area contributed by atoms with Crippen LogP contribution in [-0.2, 0) is 6.18 Å². The first kappa shape index (κ1) is 11.7. The zero-order valence-electron chi connectivity index (χ0n) is 10.1. The van der Waals surface area contributed by atoms with Crippen LogP contribution in [0.3, 0.4) is 0 Å². The van der Waals surface area contributed by atoms with E-state index in [-0.39, 0.29) is 5.54 Å². The van der Waals surface area contributed by atoms with Gasteiger partial charge in [-0.1, -0.05) is 0 Å². The quantitative estimate of drug-likeness (QED) is 0.827. The zero-order valence-corrected chi connectivity index (χ0v) is 10.1. The number of likely N-dealkylation sites (N-methyl/N-ethyl adjacent to an activating group) is 1. The third-order valence-electron chi connectivity index (χ3n) is 3.94. The van der Waals surface area contributed by atoms with Crippen molar-refractivity contribution in [2.45, 2.75) is 31.5 Å². The van der Waals surface area contributed by atoms with Gasteiger partial charge in [-0.3, -0.25) is 0 Å². The van der Waals surface area contributed by atoms with Crippen molar-refractivity contribution in [2.75, 3.05) is 23.3 Å². The van der Waals surface area contributed by atoms with Crippen LogP contribution in [0, 0.1) is 0 Å². The first-order valence-electron chi connectivity index (χ1n) is 6.19. The van der Waals surface area contributed by atoms with E-state index in [2.05, 4.69) is 10.2 Å². The summed E-state index contributed by atoms with van der Waals surface area (Å²) in [6.45, 7) is 3.63. The van der Waals surface area contributed by atoms with Crippen molar-refractivity contribution >= 4 is 11.4 Å². The molecular weight excluding hydrogens is 241 g/mol. The van der Waals surface area contributed by atoms with Gasteiger partial charge in [0.1, 0.15) is 0 Å². The van der Waals surface area contributed by atoms with Crippen LogP contribution >= 0.6 is 0 Å². The number of fused-ring (bicyclic) bond motifs is 1. The number of anilines is 2. The standard InChI is InChI=1S/C13H15F3N2/c1-2-18-11-4-3-9(13(14,15)16)7-10(11)17-8-12(18)5-6-12/h3-4,7,17H,2,5-6,8H2,1H3. The summed E-state index contributed by atoms with van der Waals surface area (Å²) in [5.74, 6) is 0. The Kier molecular flexibility index (Phi) is 2.31. The predicted octanol–water partition coefficient (Wildman–Crippen LogP) is 3.49. The average Bonchev–Trinajstić information content (AvgIpc) is 3.08. The number of hydrogen-bond acceptors (Lipinski definition) is 2. The normalized spacial score (nSPS) is 20.6. The van der Waals surface area contributed by atoms with Crippen LogP contribution in [0.25, 0.3) is 0 Å². The van der Waals surface area contributed by atoms with Crippen molar-refractivity contribution in [3.63, 3.8) is 0 Å². The van der Waals surface area contributed by atoms with E-state index < -0.39 is 11.7 Å². The Balaban J connectivity index is 2.01. The van der Waals surface area contributed by atoms with Crippen molar-refractivity contribution in [1.29, 1.82) is 0 Å². The molecule has 98 valence electrons. The third kappa shape index (κ3) is 1.64. The Hall–Kier alpha value is -1.39. The molecule has 1 fully saturated rings. The maximum atomic E-state index is 12.7. The van der Waals surface area contributed by atoms with Crippen molar-refractivity contribution in [1.82, 2.24) is 0 Å². The smallest absolute Gasteiger partial charge is 0.381 e. The fraction of sp³-hybridized carbons (Fsp3) is 0.538. The molecule has 1 aromatic rings. The van der Waals surface area contributed by atoms with Gasteiger partial charge in [-0.25, -0.2) is 0 Å². The summed E-state index contributed by atoms with van der Waals surface area (Å²) in [5, 5.41) is 3.15. The van der Waals surface area contributed by atoms with E-state index in [4.69, 9.17) is 0 Å². The number of nitrogens with zero attached hydrogens (tertiary/aromatic N) is 1. The van der Waals surface area contributed by atoms with Gasteiger partial charge in [0.05, 0.1) is 22.5 Å². The molecule has 0 atom stereocenters. The number of benzene rings is 1. The molecule has 0 bridgehead atoms. The van der Waals surface area contributed by atoms with E-state index >= 15 is 0 Å². The van der Waals surface area contributed by atoms with Crippen molar-refractivity contribution in [2.24, 2.45) is 0 Å². The molecule has 1 aromatic carbocycles. The molecule has 5 heteroatoms. The molecule has 1 spiro atoms. The maximum absolute atomic E-state index is 12.7. The Morgan fingerprint density at radius 1 is 1.33 bits per heavy atom. The van der Waals surface area contributed by atoms with Gasteiger partial charge < -0.3 is 10.2 Å². The monoisotopic (exact) mass is 256 g/mol. The highest BCUT2D eigenvalue weighted by Crippen LogP contribution is 2.49. The van der Waals surface area contributed by atoms with Crippen molar-refractivity contribution in [3.05, 3.63) is 23.8 Å². The fourth-order valence-corrected chi connectivity index (χ4v) is 2.80. The van der Waals surface area contributed by atoms with Gasteiger partial charge in [0, 0.05) is 13.1 Å². The zero-order chi connectivity index (χ0) is 13.0. The third-order valence-corrected chi connectivity index (χ3v) is 3.94. The van der Waals surface area contributed by atoms with Crippen molar-refractivity contribution in [3.8, 4) is 0 Å². The highest BCUT2D eigenvalue weighted by molar-refractivity contribution is 5.75. The molecule has 0 aromatic heterocycles. The highest BCUT2D eigenvalue weighted by Gasteiger charge is 2.50. The van der Waals surface area contributed by atoms with Crippen LogP contribution < -0.4 is 10.2 Å². The molecule has 0 amide bonds. The van der Waals surface area contributed by atoms with Crippen LogP contribution in [0.15, 0.2) is 18.2 Å². The Bertz CT molecular complexity index is 478. The van der Waals surface area contributed by atoms with Gasteiger partial charge in [-0.05, 0) is 38.0 Å². The molecule has 18 heavy (non-hydrogen) atoms. The minimum absolute atomic E-state index is 0.154. The second-order valence-corrected chi connectivity index (χ2v) is 5.05. The summed E-state index contributed by atoms with van der Waals surface area (Å²) in [6.07, 6.45) is -2.04. The molecular formula is C13H15F3N2. The second kappa shape index (κ2) is 3.56. The average molecular weight is 256 g/mol. The predicted molar refractivity (Wildman–Crippen MR) is 64.9 cm³/mol. The first-order valence-corrected chi connectivity index (χ1v) is 6.19. The number of rotatable bonds is 1. The minimum Gasteiger partial charge on any atom is -0.381 e. The van der Waals surface area contributed by atoms with Crippen LogP contribution in [0.1, 0.15) is 25.3 Å². The largest absolute Gasteiger partial charge is 0.416 e. The second-order valence-electron chi connectivity index (χ2n) is 5.05. The molecule has 0 unspecified atom stereocenters. The maximum Gasteiger partial charge on any atom is 0.416 e. The first-order chi connectivity index (χ1) is 8.46. The van der Waals surface area contributed by atoms with Gasteiger partial charge in [-0.2, -0.15) is 13.2 Å². The molecule has 0 radical (unpaired) electrons. The Morgan fingerprint density at radius 2 is 2.06 bits per heavy atom. The van der Waals surface area contributed by atoms with E-state index in [0.717, 1.165) is 31.6 Å². The van der Waals surface area contributed by atoms with Crippen LogP contribution in [0.4, 0.5) is 24.5 Å². The summed E-state index contributed by atoms with van der Waals surface area (Å²) in [4.78, 5) is 2.24. The lowest BCUT2D eigenvalue weighted by atomic mass is 10.0. The molecule has 1 aliphatic carbocycles. The van der Waals surface area contributed by atoms with Gasteiger partial charge in [0.2, 0.25) is 0 Å². The summed E-state index contributed by atoms with van der Waals surface area (Å²) in [7, 11) is 0. The summed E-state index contributed by atoms with van der Waals surface area (Å²) in [5.41, 5.74) is 1.07. The highest BCUT2D eigenvalue weighted by atomic mass is 19.4. The molecule has 2 aliphatic rings. The molecule has 2 nitrogen and oxygen atoms in total. The summed E-state index contributed by atoms with van der Waals surface area (Å²) >= 11 is 0. The van der Waals surface area contributed by atoms with Gasteiger partial charge in [0.15, 0.2) is 0 Å². The van der Waals surface area contributed by atoms with Crippen LogP contribution in [-0.4, -0.2) is 18.6 Å². The number of halogens is 3. The fourth-order valence-electron chi connectivity index (χ4n) is 2.80. The SMILES string of the molecule is CCN1c2ccc(C(F)(F)F)cc2NCC12CC2. The van der Waals surface area contributed by atoms with E-state index in [1.807, 2.05) is 6.92 Å². The summed E-state index contributed by atoms with van der Waals surface area (Å²) < 4.78 is 38.0. The lowest BCUT2D eigenvalue weighted by Crippen LogP contribution is -2.46. The number of alkyl halides is 3. The van der Waals surface area contributed by atoms with E-state index in [1.54, 1.807) is 6.07 Å². The van der Waals surface area contributed by atoms with Gasteiger partial charge >= 0.3 is 6.18 Å². The lowest BCUT2D eigenvalue weighted by molar-refractivity contribution is -0.137. The molecule has 1 heterocycles. The van der Waals surface area contributed by atoms with Gasteiger partial charge in [0.25, 0.3) is 0 Å². The van der Waals surface area contributed by atoms with Gasteiger partial charge in [-0.15, -0.1) is 0 Å². The number of hydrogen-bond donors (Lipinski definition) is 1. The molecule has 1 saturated carbocycles. The Labute approximate surface area is 104 Å². The van der Waals surface area contributed by atoms with Crippen LogP contribution in [0.5, 0.6) is 0 Å². The molecule has 1 N–H and O–H groups in total. The minimum atomic E-state index is -4.28. The van der Waals surface area contributed by atoms with Crippen molar-refractivity contribution < 1.29 is 13.2 Å².